The highest BCUT2D eigenvalue weighted by molar-refractivity contribution is 5.46. The maximum absolute atomic E-state index is 9.12. The minimum Gasteiger partial charge on any atom is -0.399 e. The van der Waals surface area contributed by atoms with Crippen LogP contribution in [-0.4, -0.2) is 4.90 Å². The van der Waals surface area contributed by atoms with E-state index >= 15 is 0 Å². The van der Waals surface area contributed by atoms with Gasteiger partial charge < -0.3 is 5.73 Å². The highest BCUT2D eigenvalue weighted by Gasteiger charge is 2.19. The van der Waals surface area contributed by atoms with Crippen molar-refractivity contribution in [2.75, 3.05) is 5.73 Å². The summed E-state index contributed by atoms with van der Waals surface area (Å²) in [5.41, 5.74) is 11.1. The SMILES string of the molecule is N#Cc1ccccc1CN1Cc2ccc(N)cc2C1. The molecule has 0 spiro atoms. The maximum Gasteiger partial charge on any atom is 0.0995 e. The molecule has 2 aromatic carbocycles. The zero-order valence-electron chi connectivity index (χ0n) is 10.6. The summed E-state index contributed by atoms with van der Waals surface area (Å²) in [5.74, 6) is 0. The predicted octanol–water partition coefficient (Wildman–Crippen LogP) is 2.66. The van der Waals surface area contributed by atoms with Crippen molar-refractivity contribution in [3.05, 3.63) is 64.7 Å². The Labute approximate surface area is 112 Å². The van der Waals surface area contributed by atoms with Crippen molar-refractivity contribution in [2.45, 2.75) is 19.6 Å². The van der Waals surface area contributed by atoms with E-state index in [1.54, 1.807) is 0 Å². The van der Waals surface area contributed by atoms with Gasteiger partial charge in [0.2, 0.25) is 0 Å². The number of nitrogen functional groups attached to an aromatic ring is 1. The number of rotatable bonds is 2. The molecule has 19 heavy (non-hydrogen) atoms. The summed E-state index contributed by atoms with van der Waals surface area (Å²) in [6.45, 7) is 2.63. The third kappa shape index (κ3) is 2.31. The van der Waals surface area contributed by atoms with Crippen LogP contribution in [0.2, 0.25) is 0 Å². The Morgan fingerprint density at radius 2 is 1.89 bits per heavy atom. The van der Waals surface area contributed by atoms with Crippen LogP contribution >= 0.6 is 0 Å². The molecule has 2 N–H and O–H groups in total. The molecule has 1 aliphatic rings. The molecule has 0 bridgehead atoms. The first-order valence-corrected chi connectivity index (χ1v) is 6.34. The lowest BCUT2D eigenvalue weighted by Crippen LogP contribution is -2.16. The fraction of sp³-hybridized carbons (Fsp3) is 0.188. The summed E-state index contributed by atoms with van der Waals surface area (Å²) in [6, 6.07) is 16.1. The van der Waals surface area contributed by atoms with Gasteiger partial charge in [0.1, 0.15) is 0 Å². The van der Waals surface area contributed by atoms with E-state index < -0.39 is 0 Å². The van der Waals surface area contributed by atoms with Gasteiger partial charge in [-0.05, 0) is 34.9 Å². The van der Waals surface area contributed by atoms with E-state index in [0.717, 1.165) is 36.4 Å². The van der Waals surface area contributed by atoms with Crippen molar-refractivity contribution in [2.24, 2.45) is 0 Å². The molecule has 3 heteroatoms. The number of nitriles is 1. The molecule has 0 fully saturated rings. The summed E-state index contributed by atoms with van der Waals surface area (Å²) < 4.78 is 0. The van der Waals surface area contributed by atoms with Gasteiger partial charge in [-0.2, -0.15) is 5.26 Å². The Bertz CT molecular complexity index is 655. The third-order valence-corrected chi connectivity index (χ3v) is 3.55. The molecule has 0 unspecified atom stereocenters. The normalized spacial score (nSPS) is 14.1. The summed E-state index contributed by atoms with van der Waals surface area (Å²) in [5, 5.41) is 9.12. The van der Waals surface area contributed by atoms with Crippen molar-refractivity contribution in [3.63, 3.8) is 0 Å². The van der Waals surface area contributed by atoms with Crippen molar-refractivity contribution >= 4 is 5.69 Å². The molecular weight excluding hydrogens is 234 g/mol. The molecular formula is C16H15N3. The van der Waals surface area contributed by atoms with Gasteiger partial charge in [-0.25, -0.2) is 0 Å². The van der Waals surface area contributed by atoms with E-state index in [0.29, 0.717) is 0 Å². The van der Waals surface area contributed by atoms with Crippen LogP contribution in [0.25, 0.3) is 0 Å². The van der Waals surface area contributed by atoms with Crippen LogP contribution in [-0.2, 0) is 19.6 Å². The van der Waals surface area contributed by atoms with Gasteiger partial charge in [0, 0.05) is 25.3 Å². The van der Waals surface area contributed by atoms with Crippen molar-refractivity contribution in [1.29, 1.82) is 5.26 Å². The Balaban J connectivity index is 1.79. The van der Waals surface area contributed by atoms with E-state index in [-0.39, 0.29) is 0 Å². The van der Waals surface area contributed by atoms with Gasteiger partial charge in [0.15, 0.2) is 0 Å². The van der Waals surface area contributed by atoms with E-state index in [1.165, 1.54) is 11.1 Å². The van der Waals surface area contributed by atoms with Gasteiger partial charge in [-0.3, -0.25) is 4.90 Å². The number of anilines is 1. The van der Waals surface area contributed by atoms with Gasteiger partial charge >= 0.3 is 0 Å². The molecule has 0 amide bonds. The highest BCUT2D eigenvalue weighted by Crippen LogP contribution is 2.26. The second kappa shape index (κ2) is 4.75. The molecule has 0 aliphatic carbocycles. The number of hydrogen-bond donors (Lipinski definition) is 1. The van der Waals surface area contributed by atoms with Crippen molar-refractivity contribution in [3.8, 4) is 6.07 Å². The van der Waals surface area contributed by atoms with Crippen molar-refractivity contribution in [1.82, 2.24) is 4.90 Å². The first-order valence-electron chi connectivity index (χ1n) is 6.34. The number of fused-ring (bicyclic) bond motifs is 1. The predicted molar refractivity (Wildman–Crippen MR) is 75.0 cm³/mol. The quantitative estimate of drug-likeness (QED) is 0.832. The average molecular weight is 249 g/mol. The van der Waals surface area contributed by atoms with Gasteiger partial charge in [-0.1, -0.05) is 24.3 Å². The van der Waals surface area contributed by atoms with E-state index in [1.807, 2.05) is 36.4 Å². The lowest BCUT2D eigenvalue weighted by atomic mass is 10.1. The Kier molecular flexibility index (Phi) is 2.94. The second-order valence-electron chi connectivity index (χ2n) is 4.94. The summed E-state index contributed by atoms with van der Waals surface area (Å²) in [7, 11) is 0. The fourth-order valence-corrected chi connectivity index (χ4v) is 2.60. The summed E-state index contributed by atoms with van der Waals surface area (Å²) in [6.07, 6.45) is 0. The molecule has 0 saturated carbocycles. The minimum absolute atomic E-state index is 0.762. The van der Waals surface area contributed by atoms with Gasteiger partial charge in [0.05, 0.1) is 11.6 Å². The molecule has 1 aliphatic heterocycles. The molecule has 94 valence electrons. The molecule has 0 aromatic heterocycles. The molecule has 1 heterocycles. The summed E-state index contributed by atoms with van der Waals surface area (Å²) in [4.78, 5) is 2.33. The molecule has 2 aromatic rings. The zero-order chi connectivity index (χ0) is 13.2. The van der Waals surface area contributed by atoms with E-state index in [4.69, 9.17) is 11.0 Å². The maximum atomic E-state index is 9.12. The zero-order valence-corrected chi connectivity index (χ0v) is 10.6. The highest BCUT2D eigenvalue weighted by atomic mass is 15.1. The lowest BCUT2D eigenvalue weighted by molar-refractivity contribution is 0.275. The standard InChI is InChI=1S/C16H15N3/c17-8-12-3-1-2-4-13(12)9-19-10-14-5-6-16(18)7-15(14)11-19/h1-7H,9-11,18H2. The first-order chi connectivity index (χ1) is 9.26. The van der Waals surface area contributed by atoms with Gasteiger partial charge in [0.25, 0.3) is 0 Å². The fourth-order valence-electron chi connectivity index (χ4n) is 2.60. The average Bonchev–Trinajstić information content (AvgIpc) is 2.80. The molecule has 0 saturated heterocycles. The Hall–Kier alpha value is -2.31. The topological polar surface area (TPSA) is 53.0 Å². The first kappa shape index (κ1) is 11.8. The van der Waals surface area contributed by atoms with Crippen LogP contribution in [0, 0.1) is 11.3 Å². The van der Waals surface area contributed by atoms with Crippen LogP contribution in [0.3, 0.4) is 0 Å². The monoisotopic (exact) mass is 249 g/mol. The number of nitrogens with zero attached hydrogens (tertiary/aromatic N) is 2. The van der Waals surface area contributed by atoms with Crippen LogP contribution < -0.4 is 5.73 Å². The van der Waals surface area contributed by atoms with Crippen molar-refractivity contribution < 1.29 is 0 Å². The van der Waals surface area contributed by atoms with Crippen LogP contribution in [0.5, 0.6) is 0 Å². The minimum atomic E-state index is 0.762. The van der Waals surface area contributed by atoms with Gasteiger partial charge in [-0.15, -0.1) is 0 Å². The second-order valence-corrected chi connectivity index (χ2v) is 4.94. The summed E-state index contributed by atoms with van der Waals surface area (Å²) >= 11 is 0. The molecule has 0 radical (unpaired) electrons. The van der Waals surface area contributed by atoms with Crippen LogP contribution in [0.4, 0.5) is 5.69 Å². The molecule has 3 nitrogen and oxygen atoms in total. The van der Waals surface area contributed by atoms with E-state index in [2.05, 4.69) is 17.0 Å². The Morgan fingerprint density at radius 3 is 2.74 bits per heavy atom. The Morgan fingerprint density at radius 1 is 1.11 bits per heavy atom. The van der Waals surface area contributed by atoms with Crippen LogP contribution in [0.15, 0.2) is 42.5 Å². The smallest absolute Gasteiger partial charge is 0.0995 e. The number of benzene rings is 2. The third-order valence-electron chi connectivity index (χ3n) is 3.55. The number of hydrogen-bond acceptors (Lipinski definition) is 3. The van der Waals surface area contributed by atoms with Crippen LogP contribution in [0.1, 0.15) is 22.3 Å². The largest absolute Gasteiger partial charge is 0.399 e. The molecule has 0 atom stereocenters. The van der Waals surface area contributed by atoms with E-state index in [9.17, 15) is 0 Å². The molecule has 3 rings (SSSR count). The number of nitrogens with two attached hydrogens (primary N) is 1. The lowest BCUT2D eigenvalue weighted by Gasteiger charge is -2.15.